The average molecular weight is 425 g/mol. The first-order valence-electron chi connectivity index (χ1n) is 10.3. The van der Waals surface area contributed by atoms with Crippen LogP contribution >= 0.6 is 11.6 Å². The van der Waals surface area contributed by atoms with Gasteiger partial charge < -0.3 is 19.8 Å². The Kier molecular flexibility index (Phi) is 3.81. The van der Waals surface area contributed by atoms with Crippen molar-refractivity contribution in [1.82, 2.24) is 20.3 Å². The number of carbonyl (C=O) groups excluding carboxylic acids is 1. The number of halogens is 1. The zero-order valence-corrected chi connectivity index (χ0v) is 17.1. The summed E-state index contributed by atoms with van der Waals surface area (Å²) in [7, 11) is 0. The van der Waals surface area contributed by atoms with Gasteiger partial charge >= 0.3 is 0 Å². The van der Waals surface area contributed by atoms with Crippen LogP contribution in [-0.4, -0.2) is 39.6 Å². The fourth-order valence-corrected chi connectivity index (χ4v) is 5.58. The van der Waals surface area contributed by atoms with Crippen molar-refractivity contribution < 1.29 is 14.3 Å². The van der Waals surface area contributed by atoms with Crippen molar-refractivity contribution in [3.63, 3.8) is 0 Å². The minimum absolute atomic E-state index is 0.0166. The minimum Gasteiger partial charge on any atom is -0.486 e. The van der Waals surface area contributed by atoms with Gasteiger partial charge in [0.1, 0.15) is 24.7 Å². The number of H-pyrrole nitrogens is 1. The number of ether oxygens (including phenoxy) is 2. The van der Waals surface area contributed by atoms with Crippen molar-refractivity contribution in [3.05, 3.63) is 47.0 Å². The number of fused-ring (bicyclic) bond motifs is 4. The molecule has 0 saturated heterocycles. The molecule has 2 aromatic heterocycles. The van der Waals surface area contributed by atoms with E-state index in [-0.39, 0.29) is 16.9 Å². The van der Waals surface area contributed by atoms with Crippen LogP contribution in [0.25, 0.3) is 11.0 Å². The lowest BCUT2D eigenvalue weighted by atomic mass is 9.49. The summed E-state index contributed by atoms with van der Waals surface area (Å²) in [6, 6.07) is 7.38. The van der Waals surface area contributed by atoms with E-state index in [0.717, 1.165) is 49.0 Å². The van der Waals surface area contributed by atoms with E-state index in [1.807, 2.05) is 18.2 Å². The van der Waals surface area contributed by atoms with E-state index in [0.29, 0.717) is 35.4 Å². The molecule has 1 amide bonds. The monoisotopic (exact) mass is 424 g/mol. The van der Waals surface area contributed by atoms with Gasteiger partial charge in [0.2, 0.25) is 0 Å². The van der Waals surface area contributed by atoms with Crippen molar-refractivity contribution in [2.24, 2.45) is 0 Å². The Morgan fingerprint density at radius 3 is 2.83 bits per heavy atom. The standard InChI is InChI=1S/C22H21ClN4O3/c23-13-2-3-14-15(8-13)26-20(25-14)21-4-1-5-22(11-21,12-21)27-19(28)16-9-17-18(10-24-16)30-7-6-29-17/h2-3,8-10H,1,4-7,11-12H2,(H,25,26)(H,27,28). The molecule has 4 aliphatic rings. The number of aromatic amines is 1. The van der Waals surface area contributed by atoms with Gasteiger partial charge in [-0.25, -0.2) is 9.97 Å². The minimum atomic E-state index is -0.207. The molecule has 7 rings (SSSR count). The molecule has 0 unspecified atom stereocenters. The Morgan fingerprint density at radius 2 is 1.97 bits per heavy atom. The molecule has 154 valence electrons. The molecule has 30 heavy (non-hydrogen) atoms. The number of nitrogens with zero attached hydrogens (tertiary/aromatic N) is 2. The van der Waals surface area contributed by atoms with E-state index in [4.69, 9.17) is 26.1 Å². The maximum absolute atomic E-state index is 12.9. The number of imidazole rings is 1. The number of aromatic nitrogens is 3. The molecule has 2 bridgehead atoms. The molecular formula is C22H21ClN4O3. The quantitative estimate of drug-likeness (QED) is 0.668. The smallest absolute Gasteiger partial charge is 0.270 e. The number of nitrogens with one attached hydrogen (secondary N) is 2. The first-order valence-corrected chi connectivity index (χ1v) is 10.7. The number of benzene rings is 1. The van der Waals surface area contributed by atoms with Crippen molar-refractivity contribution in [1.29, 1.82) is 0 Å². The van der Waals surface area contributed by atoms with E-state index < -0.39 is 0 Å². The van der Waals surface area contributed by atoms with Crippen LogP contribution in [0.5, 0.6) is 11.5 Å². The topological polar surface area (TPSA) is 89.1 Å². The number of carbonyl (C=O) groups is 1. The normalized spacial score (nSPS) is 26.8. The van der Waals surface area contributed by atoms with Crippen LogP contribution in [0.15, 0.2) is 30.5 Å². The Bertz CT molecular complexity index is 1170. The summed E-state index contributed by atoms with van der Waals surface area (Å²) >= 11 is 6.12. The van der Waals surface area contributed by atoms with Gasteiger partial charge in [-0.05, 0) is 43.9 Å². The highest BCUT2D eigenvalue weighted by Crippen LogP contribution is 2.58. The molecule has 0 atom stereocenters. The molecular weight excluding hydrogens is 404 g/mol. The molecule has 3 fully saturated rings. The largest absolute Gasteiger partial charge is 0.486 e. The highest BCUT2D eigenvalue weighted by molar-refractivity contribution is 6.31. The van der Waals surface area contributed by atoms with E-state index in [1.165, 1.54) is 0 Å². The summed E-state index contributed by atoms with van der Waals surface area (Å²) in [6.45, 7) is 0.979. The number of amides is 1. The van der Waals surface area contributed by atoms with Gasteiger partial charge in [-0.1, -0.05) is 18.0 Å². The first-order chi connectivity index (χ1) is 14.5. The molecule has 1 aromatic carbocycles. The van der Waals surface area contributed by atoms with Gasteiger partial charge in [0.05, 0.1) is 17.2 Å². The third kappa shape index (κ3) is 2.75. The molecule has 1 aliphatic heterocycles. The van der Waals surface area contributed by atoms with Crippen LogP contribution in [0.1, 0.15) is 48.4 Å². The summed E-state index contributed by atoms with van der Waals surface area (Å²) in [6.07, 6.45) is 6.41. The fourth-order valence-electron chi connectivity index (χ4n) is 5.41. The van der Waals surface area contributed by atoms with E-state index >= 15 is 0 Å². The molecule has 8 heteroatoms. The van der Waals surface area contributed by atoms with Crippen molar-refractivity contribution in [2.45, 2.75) is 43.1 Å². The molecule has 2 N–H and O–H groups in total. The molecule has 7 nitrogen and oxygen atoms in total. The molecule has 3 saturated carbocycles. The molecule has 3 aliphatic carbocycles. The second-order valence-electron chi connectivity index (χ2n) is 8.68. The Hall–Kier alpha value is -2.80. The second-order valence-corrected chi connectivity index (χ2v) is 9.12. The third-order valence-corrected chi connectivity index (χ3v) is 6.89. The predicted molar refractivity (Wildman–Crippen MR) is 111 cm³/mol. The zero-order chi connectivity index (χ0) is 20.3. The van der Waals surface area contributed by atoms with Crippen LogP contribution in [0.2, 0.25) is 5.02 Å². The van der Waals surface area contributed by atoms with Crippen LogP contribution in [-0.2, 0) is 5.41 Å². The summed E-state index contributed by atoms with van der Waals surface area (Å²) < 4.78 is 11.1. The third-order valence-electron chi connectivity index (χ3n) is 6.65. The molecule has 0 spiro atoms. The summed E-state index contributed by atoms with van der Waals surface area (Å²) in [5.41, 5.74) is 2.02. The molecule has 3 aromatic rings. The SMILES string of the molecule is O=C(NC12CCCC(c3nc4ccc(Cl)cc4[nH]3)(C1)C2)c1cc2c(cn1)OCCO2. The number of hydrogen-bond donors (Lipinski definition) is 2. The predicted octanol–water partition coefficient (Wildman–Crippen LogP) is 3.77. The Morgan fingerprint density at radius 1 is 1.13 bits per heavy atom. The molecule has 0 radical (unpaired) electrons. The van der Waals surface area contributed by atoms with Gasteiger partial charge in [-0.3, -0.25) is 4.79 Å². The van der Waals surface area contributed by atoms with Gasteiger partial charge in [-0.2, -0.15) is 0 Å². The summed E-state index contributed by atoms with van der Waals surface area (Å²) in [4.78, 5) is 25.5. The van der Waals surface area contributed by atoms with Gasteiger partial charge in [0.15, 0.2) is 11.5 Å². The van der Waals surface area contributed by atoms with Gasteiger partial charge in [0, 0.05) is 22.0 Å². The van der Waals surface area contributed by atoms with Gasteiger partial charge in [-0.15, -0.1) is 0 Å². The first kappa shape index (κ1) is 18.0. The second kappa shape index (κ2) is 6.35. The number of hydrogen-bond acceptors (Lipinski definition) is 5. The van der Waals surface area contributed by atoms with E-state index in [1.54, 1.807) is 12.3 Å². The van der Waals surface area contributed by atoms with Crippen molar-refractivity contribution in [2.75, 3.05) is 13.2 Å². The van der Waals surface area contributed by atoms with Crippen LogP contribution in [0.4, 0.5) is 0 Å². The van der Waals surface area contributed by atoms with Gasteiger partial charge in [0.25, 0.3) is 5.91 Å². The highest BCUT2D eigenvalue weighted by atomic mass is 35.5. The summed E-state index contributed by atoms with van der Waals surface area (Å²) in [5, 5.41) is 3.96. The number of pyridine rings is 1. The van der Waals surface area contributed by atoms with Crippen LogP contribution in [0, 0.1) is 0 Å². The van der Waals surface area contributed by atoms with Crippen LogP contribution < -0.4 is 14.8 Å². The lowest BCUT2D eigenvalue weighted by molar-refractivity contribution is 0.00516. The number of rotatable bonds is 3. The molecule has 3 heterocycles. The summed E-state index contributed by atoms with van der Waals surface area (Å²) in [5.74, 6) is 1.99. The average Bonchev–Trinajstić information content (AvgIpc) is 3.17. The Balaban J connectivity index is 1.22. The Labute approximate surface area is 178 Å². The maximum Gasteiger partial charge on any atom is 0.270 e. The van der Waals surface area contributed by atoms with Crippen LogP contribution in [0.3, 0.4) is 0 Å². The lowest BCUT2D eigenvalue weighted by Crippen LogP contribution is -2.66. The maximum atomic E-state index is 12.9. The van der Waals surface area contributed by atoms with Crippen molar-refractivity contribution in [3.8, 4) is 11.5 Å². The van der Waals surface area contributed by atoms with E-state index in [9.17, 15) is 4.79 Å². The zero-order valence-electron chi connectivity index (χ0n) is 16.3. The highest BCUT2D eigenvalue weighted by Gasteiger charge is 2.60. The fraction of sp³-hybridized carbons (Fsp3) is 0.409. The van der Waals surface area contributed by atoms with E-state index in [2.05, 4.69) is 15.3 Å². The lowest BCUT2D eigenvalue weighted by Gasteiger charge is -2.59. The van der Waals surface area contributed by atoms with Crippen molar-refractivity contribution >= 4 is 28.5 Å².